The number of hydrogen-bond donors (Lipinski definition) is 2. The van der Waals surface area contributed by atoms with Crippen LogP contribution in [0.25, 0.3) is 11.0 Å². The molecule has 0 bridgehead atoms. The van der Waals surface area contributed by atoms with E-state index >= 15 is 0 Å². The van der Waals surface area contributed by atoms with E-state index in [1.165, 1.54) is 0 Å². The first kappa shape index (κ1) is 18.5. The number of aromatic nitrogens is 4. The summed E-state index contributed by atoms with van der Waals surface area (Å²) in [6, 6.07) is 13.3. The van der Waals surface area contributed by atoms with Crippen molar-refractivity contribution >= 4 is 16.9 Å². The number of fused-ring (bicyclic) bond motifs is 1. The van der Waals surface area contributed by atoms with Gasteiger partial charge in [0, 0.05) is 32.3 Å². The molecule has 146 valence electrons. The molecule has 1 fully saturated rings. The molecular weight excluding hydrogens is 356 g/mol. The highest BCUT2D eigenvalue weighted by atomic mass is 16.3. The third-order valence-electron chi connectivity index (χ3n) is 5.10. The second kappa shape index (κ2) is 8.45. The molecule has 1 aromatic carbocycles. The molecule has 4 rings (SSSR count). The summed E-state index contributed by atoms with van der Waals surface area (Å²) >= 11 is 0. The summed E-state index contributed by atoms with van der Waals surface area (Å²) in [4.78, 5) is 18.8. The fourth-order valence-electron chi connectivity index (χ4n) is 3.60. The monoisotopic (exact) mass is 380 g/mol. The Morgan fingerprint density at radius 2 is 2.07 bits per heavy atom. The van der Waals surface area contributed by atoms with E-state index in [9.17, 15) is 9.90 Å². The van der Waals surface area contributed by atoms with Crippen LogP contribution in [-0.2, 0) is 17.9 Å². The fourth-order valence-corrected chi connectivity index (χ4v) is 3.60. The van der Waals surface area contributed by atoms with Crippen LogP contribution in [-0.4, -0.2) is 61.1 Å². The molecule has 28 heavy (non-hydrogen) atoms. The van der Waals surface area contributed by atoms with Gasteiger partial charge in [0.1, 0.15) is 5.52 Å². The van der Waals surface area contributed by atoms with E-state index in [4.69, 9.17) is 0 Å². The van der Waals surface area contributed by atoms with Crippen molar-refractivity contribution < 1.29 is 9.90 Å². The number of aliphatic hydroxyl groups is 1. The summed E-state index contributed by atoms with van der Waals surface area (Å²) in [5, 5.41) is 21.6. The van der Waals surface area contributed by atoms with Crippen molar-refractivity contribution in [3.8, 4) is 0 Å². The highest BCUT2D eigenvalue weighted by Gasteiger charge is 2.28. The van der Waals surface area contributed by atoms with Crippen LogP contribution in [0, 0.1) is 0 Å². The zero-order valence-electron chi connectivity index (χ0n) is 15.6. The lowest BCUT2D eigenvalue weighted by molar-refractivity contribution is -0.123. The minimum absolute atomic E-state index is 0.0817. The summed E-state index contributed by atoms with van der Waals surface area (Å²) in [5.74, 6) is -0.0817. The first-order valence-corrected chi connectivity index (χ1v) is 9.57. The van der Waals surface area contributed by atoms with E-state index in [2.05, 4.69) is 25.5 Å². The number of carbonyl (C=O) groups excluding carboxylic acids is 1. The number of benzene rings is 1. The highest BCUT2D eigenvalue weighted by molar-refractivity contribution is 5.77. The number of nitrogens with zero attached hydrogens (tertiary/aromatic N) is 5. The molecule has 2 aromatic heterocycles. The van der Waals surface area contributed by atoms with Gasteiger partial charge in [-0.1, -0.05) is 23.4 Å². The topological polar surface area (TPSA) is 96.2 Å². The number of β-amino-alcohol motifs (C(OH)–C–C–N with tert-alkyl or cyclic N) is 1. The van der Waals surface area contributed by atoms with Gasteiger partial charge in [0.25, 0.3) is 0 Å². The van der Waals surface area contributed by atoms with E-state index in [1.54, 1.807) is 10.9 Å². The van der Waals surface area contributed by atoms with Crippen LogP contribution >= 0.6 is 0 Å². The number of aliphatic hydroxyl groups excluding tert-OH is 1. The third-order valence-corrected chi connectivity index (χ3v) is 5.10. The van der Waals surface area contributed by atoms with E-state index in [0.29, 0.717) is 32.5 Å². The summed E-state index contributed by atoms with van der Waals surface area (Å²) in [6.45, 7) is 2.50. The molecule has 1 aliphatic heterocycles. The van der Waals surface area contributed by atoms with Crippen LogP contribution < -0.4 is 5.32 Å². The Morgan fingerprint density at radius 3 is 2.89 bits per heavy atom. The first-order chi connectivity index (χ1) is 13.7. The number of amides is 1. The van der Waals surface area contributed by atoms with Gasteiger partial charge in [0.15, 0.2) is 0 Å². The van der Waals surface area contributed by atoms with E-state index < -0.39 is 6.10 Å². The van der Waals surface area contributed by atoms with Crippen molar-refractivity contribution in [2.45, 2.75) is 38.1 Å². The average Bonchev–Trinajstić information content (AvgIpc) is 3.12. The minimum Gasteiger partial charge on any atom is -0.390 e. The quantitative estimate of drug-likeness (QED) is 0.662. The molecule has 0 aliphatic carbocycles. The lowest BCUT2D eigenvalue weighted by atomic mass is 10.0. The highest BCUT2D eigenvalue weighted by Crippen LogP contribution is 2.14. The number of rotatable bonds is 6. The molecule has 3 heterocycles. The van der Waals surface area contributed by atoms with Gasteiger partial charge in [-0.05, 0) is 30.7 Å². The van der Waals surface area contributed by atoms with E-state index in [-0.39, 0.29) is 11.9 Å². The number of nitrogens with one attached hydrogen (secondary N) is 1. The van der Waals surface area contributed by atoms with Crippen molar-refractivity contribution in [2.24, 2.45) is 0 Å². The number of pyridine rings is 1. The van der Waals surface area contributed by atoms with E-state index in [0.717, 1.165) is 23.3 Å². The van der Waals surface area contributed by atoms with Crippen molar-refractivity contribution in [3.05, 3.63) is 54.4 Å². The maximum absolute atomic E-state index is 12.4. The van der Waals surface area contributed by atoms with Crippen molar-refractivity contribution in [2.75, 3.05) is 13.1 Å². The van der Waals surface area contributed by atoms with Crippen LogP contribution in [0.15, 0.2) is 48.7 Å². The van der Waals surface area contributed by atoms with Gasteiger partial charge in [-0.2, -0.15) is 0 Å². The number of aryl methyl sites for hydroxylation is 1. The zero-order chi connectivity index (χ0) is 19.3. The Hall–Kier alpha value is -2.84. The maximum Gasteiger partial charge on any atom is 0.222 e. The third kappa shape index (κ3) is 4.35. The number of piperidine rings is 1. The van der Waals surface area contributed by atoms with Crippen LogP contribution in [0.3, 0.4) is 0 Å². The van der Waals surface area contributed by atoms with E-state index in [1.807, 2.05) is 42.5 Å². The first-order valence-electron chi connectivity index (χ1n) is 9.57. The molecule has 1 saturated heterocycles. The van der Waals surface area contributed by atoms with Crippen molar-refractivity contribution in [1.29, 1.82) is 0 Å². The predicted molar refractivity (Wildman–Crippen MR) is 104 cm³/mol. The van der Waals surface area contributed by atoms with Gasteiger partial charge >= 0.3 is 0 Å². The molecule has 2 unspecified atom stereocenters. The second-order valence-corrected chi connectivity index (χ2v) is 7.14. The molecule has 0 radical (unpaired) electrons. The smallest absolute Gasteiger partial charge is 0.222 e. The van der Waals surface area contributed by atoms with Crippen LogP contribution in [0.4, 0.5) is 0 Å². The van der Waals surface area contributed by atoms with Crippen LogP contribution in [0.1, 0.15) is 18.5 Å². The normalized spacial score (nSPS) is 20.3. The number of para-hydroxylation sites is 1. The van der Waals surface area contributed by atoms with Gasteiger partial charge in [0.05, 0.1) is 29.9 Å². The molecule has 1 amide bonds. The van der Waals surface area contributed by atoms with Gasteiger partial charge in [-0.25, -0.2) is 4.68 Å². The van der Waals surface area contributed by atoms with Gasteiger partial charge in [-0.3, -0.25) is 14.7 Å². The van der Waals surface area contributed by atoms with Crippen LogP contribution in [0.5, 0.6) is 0 Å². The number of hydrogen-bond acceptors (Lipinski definition) is 6. The molecular formula is C20H24N6O2. The Morgan fingerprint density at radius 1 is 1.21 bits per heavy atom. The van der Waals surface area contributed by atoms with Gasteiger partial charge in [-0.15, -0.1) is 5.10 Å². The van der Waals surface area contributed by atoms with Gasteiger partial charge < -0.3 is 10.4 Å². The fraction of sp³-hybridized carbons (Fsp3) is 0.400. The standard InChI is InChI=1S/C20H24N6O2/c27-19-14-25(13-15-5-3-4-10-21-15)11-8-17(19)22-20(28)9-12-26-18-7-2-1-6-16(18)23-24-26/h1-7,10,17,19,27H,8-9,11-14H2,(H,22,28). The molecule has 2 atom stereocenters. The Bertz CT molecular complexity index is 929. The average molecular weight is 380 g/mol. The SMILES string of the molecule is O=C(CCn1nnc2ccccc21)NC1CCN(Cc2ccccn2)CC1O. The zero-order valence-corrected chi connectivity index (χ0v) is 15.6. The summed E-state index contributed by atoms with van der Waals surface area (Å²) in [6.07, 6.45) is 2.20. The minimum atomic E-state index is -0.589. The summed E-state index contributed by atoms with van der Waals surface area (Å²) in [7, 11) is 0. The molecule has 1 aliphatic rings. The predicted octanol–water partition coefficient (Wildman–Crippen LogP) is 0.968. The van der Waals surface area contributed by atoms with Crippen molar-refractivity contribution in [1.82, 2.24) is 30.2 Å². The second-order valence-electron chi connectivity index (χ2n) is 7.14. The maximum atomic E-state index is 12.4. The molecule has 0 spiro atoms. The number of carbonyl (C=O) groups is 1. The summed E-state index contributed by atoms with van der Waals surface area (Å²) < 4.78 is 1.74. The molecule has 8 heteroatoms. The van der Waals surface area contributed by atoms with Crippen molar-refractivity contribution in [3.63, 3.8) is 0 Å². The Labute approximate surface area is 163 Å². The lowest BCUT2D eigenvalue weighted by Gasteiger charge is -2.36. The number of likely N-dealkylation sites (tertiary alicyclic amines) is 1. The Kier molecular flexibility index (Phi) is 5.59. The Balaban J connectivity index is 1.26. The van der Waals surface area contributed by atoms with Gasteiger partial charge in [0.2, 0.25) is 5.91 Å². The van der Waals surface area contributed by atoms with Crippen LogP contribution in [0.2, 0.25) is 0 Å². The molecule has 0 saturated carbocycles. The molecule has 3 aromatic rings. The molecule has 2 N–H and O–H groups in total. The summed E-state index contributed by atoms with van der Waals surface area (Å²) in [5.41, 5.74) is 2.72. The molecule has 8 nitrogen and oxygen atoms in total. The largest absolute Gasteiger partial charge is 0.390 e. The lowest BCUT2D eigenvalue weighted by Crippen LogP contribution is -2.53.